The van der Waals surface area contributed by atoms with Gasteiger partial charge >= 0.3 is 5.97 Å². The number of thiazole rings is 1. The van der Waals surface area contributed by atoms with Crippen molar-refractivity contribution in [3.05, 3.63) is 64.1 Å². The molecule has 1 saturated heterocycles. The molecule has 1 aromatic carbocycles. The van der Waals surface area contributed by atoms with E-state index in [1.54, 1.807) is 29.6 Å². The summed E-state index contributed by atoms with van der Waals surface area (Å²) in [6.45, 7) is -0.505. The minimum atomic E-state index is -2.26. The molecule has 5 N–H and O–H groups in total. The van der Waals surface area contributed by atoms with Crippen molar-refractivity contribution < 1.29 is 29.6 Å². The number of carbonyl (C=O) groups is 1. The van der Waals surface area contributed by atoms with E-state index in [0.717, 1.165) is 0 Å². The lowest BCUT2D eigenvalue weighted by molar-refractivity contribution is -0.179. The third-order valence-corrected chi connectivity index (χ3v) is 7.17. The number of aliphatic hydroxyl groups excluding tert-OH is 1. The van der Waals surface area contributed by atoms with Gasteiger partial charge in [-0.2, -0.15) is 9.97 Å². The maximum atomic E-state index is 12.7. The topological polar surface area (TPSA) is 179 Å². The summed E-state index contributed by atoms with van der Waals surface area (Å²) in [5.74, 6) is 0.886. The number of nitrogens with zero attached hydrogens (tertiary/aromatic N) is 5. The van der Waals surface area contributed by atoms with Crippen LogP contribution in [-0.2, 0) is 26.3 Å². The highest BCUT2D eigenvalue weighted by Gasteiger charge is 2.57. The van der Waals surface area contributed by atoms with Crippen LogP contribution in [0.5, 0.6) is 0 Å². The molecule has 5 atom stereocenters. The average Bonchev–Trinajstić information content (AvgIpc) is 3.63. The highest BCUT2D eigenvalue weighted by atomic mass is 35.5. The van der Waals surface area contributed by atoms with Crippen molar-refractivity contribution in [1.29, 1.82) is 0 Å². The predicted molar refractivity (Wildman–Crippen MR) is 136 cm³/mol. The Hall–Kier alpha value is -3.64. The molecular weight excluding hydrogens is 536 g/mol. The van der Waals surface area contributed by atoms with Gasteiger partial charge in [0.1, 0.15) is 17.7 Å². The van der Waals surface area contributed by atoms with Crippen molar-refractivity contribution in [2.24, 2.45) is 0 Å². The SMILES string of the molecule is C#C[C@@]1(O)[C@@H](COC(Cc2ccccc2)(C(=O)O)c2cscn2)O[C@@H](n2cnc3c(N)nc(Cl)nc32)[C@@H]1O. The van der Waals surface area contributed by atoms with Crippen LogP contribution in [0, 0.1) is 12.3 Å². The molecule has 4 aromatic rings. The van der Waals surface area contributed by atoms with Crippen LogP contribution in [0.4, 0.5) is 5.82 Å². The molecule has 0 saturated carbocycles. The molecule has 5 rings (SSSR count). The van der Waals surface area contributed by atoms with Crippen LogP contribution in [0.15, 0.2) is 47.5 Å². The number of fused-ring (bicyclic) bond motifs is 1. The minimum Gasteiger partial charge on any atom is -0.479 e. The normalized spacial score (nSPS) is 24.7. The Morgan fingerprint density at radius 2 is 2.11 bits per heavy atom. The van der Waals surface area contributed by atoms with E-state index in [1.165, 1.54) is 27.7 Å². The van der Waals surface area contributed by atoms with Crippen LogP contribution in [0.1, 0.15) is 17.5 Å². The fourth-order valence-electron chi connectivity index (χ4n) is 4.39. The molecule has 1 aliphatic rings. The number of aliphatic carboxylic acids is 1. The molecule has 0 radical (unpaired) electrons. The first-order valence-electron chi connectivity index (χ1n) is 11.2. The Morgan fingerprint density at radius 3 is 2.76 bits per heavy atom. The zero-order valence-electron chi connectivity index (χ0n) is 19.5. The number of anilines is 1. The number of benzene rings is 1. The van der Waals surface area contributed by atoms with E-state index < -0.39 is 42.2 Å². The van der Waals surface area contributed by atoms with Crippen molar-refractivity contribution in [2.75, 3.05) is 12.3 Å². The van der Waals surface area contributed by atoms with Crippen molar-refractivity contribution in [3.8, 4) is 12.3 Å². The maximum absolute atomic E-state index is 12.7. The summed E-state index contributed by atoms with van der Waals surface area (Å²) in [5, 5.41) is 34.1. The molecule has 0 aliphatic carbocycles. The van der Waals surface area contributed by atoms with Gasteiger partial charge < -0.3 is 30.5 Å². The van der Waals surface area contributed by atoms with Crippen molar-refractivity contribution in [2.45, 2.75) is 36.1 Å². The fourth-order valence-corrected chi connectivity index (χ4v) is 5.18. The Balaban J connectivity index is 1.48. The van der Waals surface area contributed by atoms with Gasteiger partial charge in [-0.1, -0.05) is 36.3 Å². The molecule has 14 heteroatoms. The Bertz CT molecular complexity index is 1510. The number of terminal acetylenes is 1. The molecular formula is C24H21ClN6O6S. The van der Waals surface area contributed by atoms with Gasteiger partial charge in [0.2, 0.25) is 10.9 Å². The minimum absolute atomic E-state index is 0.00810. The molecule has 38 heavy (non-hydrogen) atoms. The second-order valence-corrected chi connectivity index (χ2v) is 9.67. The Morgan fingerprint density at radius 1 is 1.34 bits per heavy atom. The summed E-state index contributed by atoms with van der Waals surface area (Å²) in [4.78, 5) is 29.0. The first-order valence-corrected chi connectivity index (χ1v) is 12.5. The lowest BCUT2D eigenvalue weighted by atomic mass is 9.90. The largest absolute Gasteiger partial charge is 0.479 e. The lowest BCUT2D eigenvalue weighted by Crippen LogP contribution is -2.50. The Kier molecular flexibility index (Phi) is 6.78. The summed E-state index contributed by atoms with van der Waals surface area (Å²) in [5.41, 5.74) is 4.35. The van der Waals surface area contributed by atoms with E-state index in [-0.39, 0.29) is 34.4 Å². The lowest BCUT2D eigenvalue weighted by Gasteiger charge is -2.32. The monoisotopic (exact) mass is 556 g/mol. The van der Waals surface area contributed by atoms with Gasteiger partial charge in [0, 0.05) is 11.8 Å². The third kappa shape index (κ3) is 4.27. The van der Waals surface area contributed by atoms with Gasteiger partial charge in [-0.15, -0.1) is 17.8 Å². The van der Waals surface area contributed by atoms with Crippen LogP contribution in [0.25, 0.3) is 11.2 Å². The first-order chi connectivity index (χ1) is 18.2. The molecule has 12 nitrogen and oxygen atoms in total. The summed E-state index contributed by atoms with van der Waals surface area (Å²) in [6, 6.07) is 8.89. The summed E-state index contributed by atoms with van der Waals surface area (Å²) >= 11 is 7.15. The van der Waals surface area contributed by atoms with Gasteiger partial charge in [0.15, 0.2) is 23.3 Å². The van der Waals surface area contributed by atoms with Gasteiger partial charge in [0.25, 0.3) is 0 Å². The second-order valence-electron chi connectivity index (χ2n) is 8.61. The fraction of sp³-hybridized carbons (Fsp3) is 0.292. The van der Waals surface area contributed by atoms with Gasteiger partial charge in [0.05, 0.1) is 24.1 Å². The molecule has 1 aliphatic heterocycles. The molecule has 0 amide bonds. The first kappa shape index (κ1) is 26.0. The molecule has 0 bridgehead atoms. The highest BCUT2D eigenvalue weighted by molar-refractivity contribution is 7.07. The third-order valence-electron chi connectivity index (χ3n) is 6.41. The number of carboxylic acids is 1. The Labute approximate surface area is 224 Å². The molecule has 0 spiro atoms. The summed E-state index contributed by atoms with van der Waals surface area (Å²) in [6.07, 6.45) is 2.53. The number of aromatic nitrogens is 5. The highest BCUT2D eigenvalue weighted by Crippen LogP contribution is 2.40. The number of nitrogen functional groups attached to an aromatic ring is 1. The standard InChI is InChI=1S/C24H21ClN6O6S/c1-2-23(35)15(37-20(17(23)32)31-11-27-16-18(26)29-22(25)30-19(16)31)9-36-24(21(33)34,14-10-38-12-28-14)8-13-6-4-3-5-7-13/h1,3-7,10-12,15,17,20,32,35H,8-9H2,(H,33,34)(H2,26,29,30)/t15-,17+,20-,23-,24?/m1/s1. The van der Waals surface area contributed by atoms with Crippen LogP contribution >= 0.6 is 22.9 Å². The van der Waals surface area contributed by atoms with Gasteiger partial charge in [-0.3, -0.25) is 4.57 Å². The average molecular weight is 557 g/mol. The molecule has 4 heterocycles. The van der Waals surface area contributed by atoms with Crippen LogP contribution in [-0.4, -0.2) is 70.2 Å². The smallest absolute Gasteiger partial charge is 0.342 e. The van der Waals surface area contributed by atoms with Crippen molar-refractivity contribution >= 4 is 45.9 Å². The number of imidazole rings is 1. The van der Waals surface area contributed by atoms with E-state index >= 15 is 0 Å². The quantitative estimate of drug-likeness (QED) is 0.182. The zero-order chi connectivity index (χ0) is 27.1. The van der Waals surface area contributed by atoms with Crippen molar-refractivity contribution in [3.63, 3.8) is 0 Å². The predicted octanol–water partition coefficient (Wildman–Crippen LogP) is 1.38. The number of ether oxygens (including phenoxy) is 2. The van der Waals surface area contributed by atoms with Crippen LogP contribution in [0.3, 0.4) is 0 Å². The summed E-state index contributed by atoms with van der Waals surface area (Å²) < 4.78 is 13.3. The number of aliphatic hydroxyl groups is 2. The molecule has 196 valence electrons. The van der Waals surface area contributed by atoms with E-state index in [1.807, 2.05) is 6.07 Å². The van der Waals surface area contributed by atoms with Gasteiger partial charge in [-0.25, -0.2) is 14.8 Å². The zero-order valence-corrected chi connectivity index (χ0v) is 21.1. The van der Waals surface area contributed by atoms with E-state index in [2.05, 4.69) is 25.9 Å². The van der Waals surface area contributed by atoms with E-state index in [0.29, 0.717) is 5.56 Å². The summed E-state index contributed by atoms with van der Waals surface area (Å²) in [7, 11) is 0. The van der Waals surface area contributed by atoms with Crippen molar-refractivity contribution in [1.82, 2.24) is 24.5 Å². The van der Waals surface area contributed by atoms with Crippen LogP contribution < -0.4 is 5.73 Å². The number of hydrogen-bond donors (Lipinski definition) is 4. The molecule has 1 fully saturated rings. The number of nitrogens with two attached hydrogens (primary N) is 1. The number of carboxylic acid groups (broad SMARTS) is 1. The van der Waals surface area contributed by atoms with Crippen LogP contribution in [0.2, 0.25) is 5.28 Å². The molecule has 1 unspecified atom stereocenters. The second kappa shape index (κ2) is 9.91. The van der Waals surface area contributed by atoms with E-state index in [4.69, 9.17) is 33.2 Å². The maximum Gasteiger partial charge on any atom is 0.342 e. The van der Waals surface area contributed by atoms with Gasteiger partial charge in [-0.05, 0) is 17.2 Å². The van der Waals surface area contributed by atoms with E-state index in [9.17, 15) is 20.1 Å². The molecule has 3 aromatic heterocycles. The number of halogens is 1. The number of hydrogen-bond acceptors (Lipinski definition) is 11. The number of rotatable bonds is 8.